The summed E-state index contributed by atoms with van der Waals surface area (Å²) in [5.74, 6) is -0.00347. The maximum absolute atomic E-state index is 13.1. The summed E-state index contributed by atoms with van der Waals surface area (Å²) in [5.41, 5.74) is 0.733. The molecular formula is C13H12FN3O3S. The topological polar surface area (TPSA) is 72.3 Å². The minimum Gasteiger partial charge on any atom is -0.295 e. The molecule has 0 saturated carbocycles. The lowest BCUT2D eigenvalue weighted by Crippen LogP contribution is -2.28. The summed E-state index contributed by atoms with van der Waals surface area (Å²) in [6.45, 7) is -0.198. The van der Waals surface area contributed by atoms with E-state index in [-0.39, 0.29) is 13.0 Å². The molecule has 110 valence electrons. The summed E-state index contributed by atoms with van der Waals surface area (Å²) in [7, 11) is -4.73. The van der Waals surface area contributed by atoms with Crippen LogP contribution < -0.4 is 4.90 Å². The zero-order valence-electron chi connectivity index (χ0n) is 10.9. The average molecular weight is 309 g/mol. The molecule has 21 heavy (non-hydrogen) atoms. The fourth-order valence-electron chi connectivity index (χ4n) is 2.35. The predicted octanol–water partition coefficient (Wildman–Crippen LogP) is 1.28. The molecular weight excluding hydrogens is 297 g/mol. The molecule has 1 aliphatic heterocycles. The van der Waals surface area contributed by atoms with Gasteiger partial charge in [-0.05, 0) is 12.1 Å². The van der Waals surface area contributed by atoms with Crippen LogP contribution in [0.1, 0.15) is 6.42 Å². The molecule has 2 heterocycles. The Morgan fingerprint density at radius 2 is 1.90 bits per heavy atom. The molecule has 1 unspecified atom stereocenters. The fraction of sp³-hybridized carbons (Fsp3) is 0.231. The number of amides is 1. The number of rotatable bonds is 3. The summed E-state index contributed by atoms with van der Waals surface area (Å²) in [6.07, 6.45) is 1.16. The number of para-hydroxylation sites is 1. The van der Waals surface area contributed by atoms with Crippen molar-refractivity contribution in [3.63, 3.8) is 0 Å². The van der Waals surface area contributed by atoms with Gasteiger partial charge in [-0.25, -0.2) is 4.68 Å². The molecule has 0 spiro atoms. The summed E-state index contributed by atoms with van der Waals surface area (Å²) in [4.78, 5) is 13.2. The first-order valence-electron chi connectivity index (χ1n) is 6.30. The zero-order chi connectivity index (χ0) is 15.0. The van der Waals surface area contributed by atoms with E-state index in [0.717, 1.165) is 5.69 Å². The molecule has 0 bridgehead atoms. The number of nitrogens with zero attached hydrogens (tertiary/aromatic N) is 3. The van der Waals surface area contributed by atoms with E-state index < -0.39 is 21.4 Å². The van der Waals surface area contributed by atoms with Crippen molar-refractivity contribution in [3.05, 3.63) is 42.6 Å². The number of hydrogen-bond donors (Lipinski definition) is 0. The summed E-state index contributed by atoms with van der Waals surface area (Å²) in [5, 5.41) is 2.82. The predicted molar refractivity (Wildman–Crippen MR) is 74.3 cm³/mol. The number of halogens is 1. The highest BCUT2D eigenvalue weighted by molar-refractivity contribution is 7.87. The average Bonchev–Trinajstić information content (AvgIpc) is 3.05. The van der Waals surface area contributed by atoms with Crippen LogP contribution in [-0.2, 0) is 15.0 Å². The van der Waals surface area contributed by atoms with E-state index in [1.165, 1.54) is 15.8 Å². The van der Waals surface area contributed by atoms with E-state index >= 15 is 0 Å². The van der Waals surface area contributed by atoms with Crippen molar-refractivity contribution in [3.8, 4) is 5.69 Å². The second kappa shape index (κ2) is 4.96. The van der Waals surface area contributed by atoms with Crippen LogP contribution in [0.15, 0.2) is 42.6 Å². The van der Waals surface area contributed by atoms with Gasteiger partial charge in [0.05, 0.1) is 11.9 Å². The Hall–Kier alpha value is -2.22. The number of benzene rings is 1. The first-order valence-corrected chi connectivity index (χ1v) is 7.75. The number of carbonyl (C=O) groups excluding carboxylic acids is 1. The minimum atomic E-state index is -4.73. The van der Waals surface area contributed by atoms with Crippen LogP contribution >= 0.6 is 0 Å². The second-order valence-corrected chi connectivity index (χ2v) is 6.36. The third kappa shape index (κ3) is 2.54. The van der Waals surface area contributed by atoms with E-state index in [1.807, 2.05) is 18.2 Å². The lowest BCUT2D eigenvalue weighted by atomic mass is 10.3. The second-order valence-electron chi connectivity index (χ2n) is 4.74. The normalized spacial score (nSPS) is 19.2. The highest BCUT2D eigenvalue weighted by Gasteiger charge is 2.40. The largest absolute Gasteiger partial charge is 0.307 e. The zero-order valence-corrected chi connectivity index (χ0v) is 11.7. The van der Waals surface area contributed by atoms with E-state index in [2.05, 4.69) is 5.10 Å². The molecule has 1 amide bonds. The SMILES string of the molecule is O=C1CC(S(=O)(=O)F)CN1c1ccnn1-c1ccccc1. The number of hydrogen-bond acceptors (Lipinski definition) is 4. The van der Waals surface area contributed by atoms with Gasteiger partial charge in [-0.15, -0.1) is 3.89 Å². The van der Waals surface area contributed by atoms with Gasteiger partial charge in [0.15, 0.2) is 0 Å². The Bertz CT molecular complexity index is 773. The van der Waals surface area contributed by atoms with Crippen LogP contribution in [0, 0.1) is 0 Å². The van der Waals surface area contributed by atoms with Crippen LogP contribution in [0.5, 0.6) is 0 Å². The third-order valence-corrected chi connectivity index (χ3v) is 4.50. The summed E-state index contributed by atoms with van der Waals surface area (Å²) < 4.78 is 36.6. The van der Waals surface area contributed by atoms with Gasteiger partial charge >= 0.3 is 10.2 Å². The fourth-order valence-corrected chi connectivity index (χ4v) is 3.02. The van der Waals surface area contributed by atoms with Crippen LogP contribution in [0.2, 0.25) is 0 Å². The molecule has 1 aromatic heterocycles. The van der Waals surface area contributed by atoms with E-state index in [4.69, 9.17) is 0 Å². The van der Waals surface area contributed by atoms with Crippen molar-refractivity contribution >= 4 is 21.9 Å². The molecule has 1 saturated heterocycles. The first-order chi connectivity index (χ1) is 9.97. The summed E-state index contributed by atoms with van der Waals surface area (Å²) >= 11 is 0. The van der Waals surface area contributed by atoms with E-state index in [0.29, 0.717) is 5.82 Å². The van der Waals surface area contributed by atoms with Gasteiger partial charge in [0.25, 0.3) is 0 Å². The molecule has 0 radical (unpaired) electrons. The molecule has 6 nitrogen and oxygen atoms in total. The number of aromatic nitrogens is 2. The van der Waals surface area contributed by atoms with E-state index in [1.54, 1.807) is 18.2 Å². The highest BCUT2D eigenvalue weighted by Crippen LogP contribution is 2.27. The molecule has 2 aromatic rings. The molecule has 1 aromatic carbocycles. The van der Waals surface area contributed by atoms with E-state index in [9.17, 15) is 17.1 Å². The summed E-state index contributed by atoms with van der Waals surface area (Å²) in [6, 6.07) is 10.7. The van der Waals surface area contributed by atoms with Crippen LogP contribution in [-0.4, -0.2) is 35.9 Å². The standard InChI is InChI=1S/C13H12FN3O3S/c14-21(19,20)11-8-13(18)16(9-11)12-6-7-15-17(12)10-4-2-1-3-5-10/h1-7,11H,8-9H2. The lowest BCUT2D eigenvalue weighted by molar-refractivity contribution is -0.117. The maximum Gasteiger partial charge on any atom is 0.307 e. The van der Waals surface area contributed by atoms with Crippen molar-refractivity contribution in [2.45, 2.75) is 11.7 Å². The van der Waals surface area contributed by atoms with Gasteiger partial charge in [0.2, 0.25) is 5.91 Å². The molecule has 3 rings (SSSR count). The van der Waals surface area contributed by atoms with Gasteiger partial charge in [0, 0.05) is 19.0 Å². The minimum absolute atomic E-state index is 0.198. The van der Waals surface area contributed by atoms with Crippen molar-refractivity contribution in [1.29, 1.82) is 0 Å². The Labute approximate surface area is 121 Å². The van der Waals surface area contributed by atoms with Crippen molar-refractivity contribution < 1.29 is 17.1 Å². The monoisotopic (exact) mass is 309 g/mol. The van der Waals surface area contributed by atoms with Gasteiger partial charge in [0.1, 0.15) is 11.1 Å². The molecule has 8 heteroatoms. The highest BCUT2D eigenvalue weighted by atomic mass is 32.3. The molecule has 1 fully saturated rings. The number of carbonyl (C=O) groups is 1. The smallest absolute Gasteiger partial charge is 0.295 e. The van der Waals surface area contributed by atoms with Gasteiger partial charge in [-0.2, -0.15) is 13.5 Å². The van der Waals surface area contributed by atoms with Crippen LogP contribution in [0.4, 0.5) is 9.70 Å². The van der Waals surface area contributed by atoms with Gasteiger partial charge < -0.3 is 0 Å². The Kier molecular flexibility index (Phi) is 3.25. The van der Waals surface area contributed by atoms with Crippen molar-refractivity contribution in [2.24, 2.45) is 0 Å². The lowest BCUT2D eigenvalue weighted by Gasteiger charge is -2.17. The van der Waals surface area contributed by atoms with Crippen LogP contribution in [0.25, 0.3) is 5.69 Å². The van der Waals surface area contributed by atoms with Crippen LogP contribution in [0.3, 0.4) is 0 Å². The first kappa shape index (κ1) is 13.7. The quantitative estimate of drug-likeness (QED) is 0.801. The van der Waals surface area contributed by atoms with Crippen molar-refractivity contribution in [2.75, 3.05) is 11.4 Å². The van der Waals surface area contributed by atoms with Gasteiger partial charge in [-0.1, -0.05) is 18.2 Å². The van der Waals surface area contributed by atoms with Crippen molar-refractivity contribution in [1.82, 2.24) is 9.78 Å². The maximum atomic E-state index is 13.1. The Morgan fingerprint density at radius 3 is 2.52 bits per heavy atom. The number of anilines is 1. The molecule has 0 aliphatic carbocycles. The van der Waals surface area contributed by atoms with Gasteiger partial charge in [-0.3, -0.25) is 9.69 Å². The molecule has 0 N–H and O–H groups in total. The Balaban J connectivity index is 1.96. The third-order valence-electron chi connectivity index (χ3n) is 3.39. The Morgan fingerprint density at radius 1 is 1.19 bits per heavy atom. The molecule has 1 atom stereocenters. The molecule has 1 aliphatic rings.